The lowest BCUT2D eigenvalue weighted by Gasteiger charge is -2.04. The standard InChI is InChI=1S/C20H11BrFNO3/c21-19-10-9-18(26-19)20(24)25-15-7-5-13(6-8-15)11-14(12-23)16-3-1-2-4-17(16)22/h1-11H/b14-11-. The molecule has 0 saturated heterocycles. The zero-order valence-electron chi connectivity index (χ0n) is 13.3. The van der Waals surface area contributed by atoms with Crippen LogP contribution >= 0.6 is 15.9 Å². The maximum absolute atomic E-state index is 13.8. The number of ether oxygens (including phenoxy) is 1. The fourth-order valence-corrected chi connectivity index (χ4v) is 2.54. The lowest BCUT2D eigenvalue weighted by molar-refractivity contribution is 0.0700. The van der Waals surface area contributed by atoms with E-state index in [1.54, 1.807) is 54.6 Å². The van der Waals surface area contributed by atoms with Crippen molar-refractivity contribution in [2.24, 2.45) is 0 Å². The molecule has 0 fully saturated rings. The molecule has 3 aromatic rings. The quantitative estimate of drug-likeness (QED) is 0.247. The van der Waals surface area contributed by atoms with Gasteiger partial charge in [-0.3, -0.25) is 0 Å². The second-order valence-corrected chi connectivity index (χ2v) is 5.99. The average Bonchev–Trinajstić information content (AvgIpc) is 3.08. The summed E-state index contributed by atoms with van der Waals surface area (Å²) >= 11 is 3.12. The molecule has 0 bridgehead atoms. The van der Waals surface area contributed by atoms with Crippen molar-refractivity contribution in [3.05, 3.63) is 88.0 Å². The Hall–Kier alpha value is -3.17. The van der Waals surface area contributed by atoms with Crippen LogP contribution in [-0.4, -0.2) is 5.97 Å². The largest absolute Gasteiger partial charge is 0.442 e. The third kappa shape index (κ3) is 4.08. The van der Waals surface area contributed by atoms with E-state index in [1.807, 2.05) is 6.07 Å². The van der Waals surface area contributed by atoms with E-state index >= 15 is 0 Å². The molecule has 1 aromatic heterocycles. The average molecular weight is 412 g/mol. The molecule has 6 heteroatoms. The van der Waals surface area contributed by atoms with E-state index in [4.69, 9.17) is 9.15 Å². The van der Waals surface area contributed by atoms with Crippen molar-refractivity contribution >= 4 is 33.5 Å². The second-order valence-electron chi connectivity index (χ2n) is 5.21. The van der Waals surface area contributed by atoms with Crippen LogP contribution in [0.5, 0.6) is 5.75 Å². The Balaban J connectivity index is 1.78. The predicted octanol–water partition coefficient (Wildman–Crippen LogP) is 5.46. The number of hydrogen-bond donors (Lipinski definition) is 0. The van der Waals surface area contributed by atoms with Gasteiger partial charge >= 0.3 is 5.97 Å². The van der Waals surface area contributed by atoms with Gasteiger partial charge in [0, 0.05) is 5.56 Å². The predicted molar refractivity (Wildman–Crippen MR) is 97.7 cm³/mol. The van der Waals surface area contributed by atoms with Crippen molar-refractivity contribution in [2.45, 2.75) is 0 Å². The molecule has 0 aliphatic carbocycles. The van der Waals surface area contributed by atoms with Crippen molar-refractivity contribution in [2.75, 3.05) is 0 Å². The van der Waals surface area contributed by atoms with Gasteiger partial charge in [-0.25, -0.2) is 9.18 Å². The number of rotatable bonds is 4. The summed E-state index contributed by atoms with van der Waals surface area (Å²) in [5.74, 6) is -0.685. The van der Waals surface area contributed by atoms with Gasteiger partial charge in [-0.1, -0.05) is 30.3 Å². The van der Waals surface area contributed by atoms with Gasteiger partial charge in [0.1, 0.15) is 11.6 Å². The SMILES string of the molecule is N#C/C(=C/c1ccc(OC(=O)c2ccc(Br)o2)cc1)c1ccccc1F. The van der Waals surface area contributed by atoms with Crippen molar-refractivity contribution < 1.29 is 18.3 Å². The maximum Gasteiger partial charge on any atom is 0.379 e. The summed E-state index contributed by atoms with van der Waals surface area (Å²) in [6, 6.07) is 17.7. The van der Waals surface area contributed by atoms with Crippen LogP contribution in [0.25, 0.3) is 11.6 Å². The molecule has 0 aliphatic rings. The molecule has 0 spiro atoms. The van der Waals surface area contributed by atoms with E-state index in [0.29, 0.717) is 16.0 Å². The first-order valence-electron chi connectivity index (χ1n) is 7.51. The second kappa shape index (κ2) is 7.81. The number of hydrogen-bond acceptors (Lipinski definition) is 4. The van der Waals surface area contributed by atoms with Crippen LogP contribution in [0.2, 0.25) is 0 Å². The molecule has 128 valence electrons. The minimum Gasteiger partial charge on any atom is -0.442 e. The fourth-order valence-electron chi connectivity index (χ4n) is 2.23. The third-order valence-electron chi connectivity index (χ3n) is 3.46. The molecule has 0 N–H and O–H groups in total. The Bertz CT molecular complexity index is 1020. The normalized spacial score (nSPS) is 11.0. The van der Waals surface area contributed by atoms with Crippen LogP contribution in [-0.2, 0) is 0 Å². The van der Waals surface area contributed by atoms with Gasteiger partial charge in [-0.05, 0) is 57.9 Å². The zero-order valence-corrected chi connectivity index (χ0v) is 14.9. The topological polar surface area (TPSA) is 63.2 Å². The number of nitrogens with zero attached hydrogens (tertiary/aromatic N) is 1. The summed E-state index contributed by atoms with van der Waals surface area (Å²) in [4.78, 5) is 11.9. The van der Waals surface area contributed by atoms with E-state index in [2.05, 4.69) is 15.9 Å². The number of esters is 1. The first-order chi connectivity index (χ1) is 12.6. The van der Waals surface area contributed by atoms with Crippen molar-refractivity contribution in [1.82, 2.24) is 0 Å². The van der Waals surface area contributed by atoms with Crippen LogP contribution in [0.4, 0.5) is 4.39 Å². The highest BCUT2D eigenvalue weighted by Gasteiger charge is 2.13. The maximum atomic E-state index is 13.8. The number of allylic oxidation sites excluding steroid dienone is 1. The molecule has 0 radical (unpaired) electrons. The first kappa shape index (κ1) is 17.6. The van der Waals surface area contributed by atoms with E-state index < -0.39 is 11.8 Å². The van der Waals surface area contributed by atoms with Crippen LogP contribution in [0.1, 0.15) is 21.7 Å². The van der Waals surface area contributed by atoms with Gasteiger partial charge in [0.25, 0.3) is 0 Å². The zero-order chi connectivity index (χ0) is 18.5. The molecule has 26 heavy (non-hydrogen) atoms. The lowest BCUT2D eigenvalue weighted by atomic mass is 10.0. The minimum atomic E-state index is -0.622. The number of furan rings is 1. The molecule has 4 nitrogen and oxygen atoms in total. The third-order valence-corrected chi connectivity index (χ3v) is 3.89. The van der Waals surface area contributed by atoms with Gasteiger partial charge in [0.05, 0.1) is 11.6 Å². The highest BCUT2D eigenvalue weighted by atomic mass is 79.9. The van der Waals surface area contributed by atoms with Gasteiger partial charge in [0.2, 0.25) is 5.76 Å². The van der Waals surface area contributed by atoms with Gasteiger partial charge in [0.15, 0.2) is 4.67 Å². The van der Waals surface area contributed by atoms with Crippen molar-refractivity contribution in [3.8, 4) is 11.8 Å². The number of carbonyl (C=O) groups is 1. The highest BCUT2D eigenvalue weighted by molar-refractivity contribution is 9.10. The molecule has 0 amide bonds. The van der Waals surface area contributed by atoms with Gasteiger partial charge in [-0.2, -0.15) is 5.26 Å². The number of nitriles is 1. The molecular formula is C20H11BrFNO3. The number of carbonyl (C=O) groups excluding carboxylic acids is 1. The summed E-state index contributed by atoms with van der Waals surface area (Å²) in [5.41, 5.74) is 1.10. The Morgan fingerprint density at radius 2 is 1.85 bits per heavy atom. The Morgan fingerprint density at radius 3 is 2.46 bits per heavy atom. The Labute approximate surface area is 157 Å². The molecule has 2 aromatic carbocycles. The smallest absolute Gasteiger partial charge is 0.379 e. The van der Waals surface area contributed by atoms with Gasteiger partial charge in [-0.15, -0.1) is 0 Å². The molecule has 0 unspecified atom stereocenters. The van der Waals surface area contributed by atoms with E-state index in [1.165, 1.54) is 12.1 Å². The van der Waals surface area contributed by atoms with Crippen LogP contribution in [0, 0.1) is 17.1 Å². The van der Waals surface area contributed by atoms with Crippen molar-refractivity contribution in [1.29, 1.82) is 5.26 Å². The van der Waals surface area contributed by atoms with E-state index in [9.17, 15) is 14.4 Å². The van der Waals surface area contributed by atoms with Crippen LogP contribution < -0.4 is 4.74 Å². The summed E-state index contributed by atoms with van der Waals surface area (Å²) in [5, 5.41) is 9.30. The highest BCUT2D eigenvalue weighted by Crippen LogP contribution is 2.22. The lowest BCUT2D eigenvalue weighted by Crippen LogP contribution is -2.06. The van der Waals surface area contributed by atoms with Crippen LogP contribution in [0.3, 0.4) is 0 Å². The molecule has 1 heterocycles. The van der Waals surface area contributed by atoms with Crippen LogP contribution in [0.15, 0.2) is 69.8 Å². The first-order valence-corrected chi connectivity index (χ1v) is 8.30. The monoisotopic (exact) mass is 411 g/mol. The van der Waals surface area contributed by atoms with E-state index in [-0.39, 0.29) is 16.9 Å². The Kier molecular flexibility index (Phi) is 5.30. The molecular weight excluding hydrogens is 401 g/mol. The number of benzene rings is 2. The molecule has 3 rings (SSSR count). The van der Waals surface area contributed by atoms with Crippen molar-refractivity contribution in [3.63, 3.8) is 0 Å². The summed E-state index contributed by atoms with van der Waals surface area (Å²) in [6.45, 7) is 0. The summed E-state index contributed by atoms with van der Waals surface area (Å²) in [7, 11) is 0. The van der Waals surface area contributed by atoms with E-state index in [0.717, 1.165) is 0 Å². The summed E-state index contributed by atoms with van der Waals surface area (Å²) in [6.07, 6.45) is 1.56. The Morgan fingerprint density at radius 1 is 1.12 bits per heavy atom. The number of halogens is 2. The summed E-state index contributed by atoms with van der Waals surface area (Å²) < 4.78 is 24.6. The fraction of sp³-hybridized carbons (Fsp3) is 0. The molecule has 0 atom stereocenters. The molecule has 0 aliphatic heterocycles. The minimum absolute atomic E-state index is 0.0761. The molecule has 0 saturated carbocycles. The van der Waals surface area contributed by atoms with Gasteiger partial charge < -0.3 is 9.15 Å².